The molecular weight excluding hydrogens is 138 g/mol. The maximum Gasteiger partial charge on any atom is 0.0175 e. The molecule has 0 bridgehead atoms. The van der Waals surface area contributed by atoms with Crippen LogP contribution in [0.2, 0.25) is 0 Å². The van der Waals surface area contributed by atoms with Gasteiger partial charge in [-0.1, -0.05) is 41.5 Å². The highest BCUT2D eigenvalue weighted by molar-refractivity contribution is 5.93. The average Bonchev–Trinajstić information content (AvgIpc) is 1.56. The van der Waals surface area contributed by atoms with E-state index in [1.165, 1.54) is 0 Å². The van der Waals surface area contributed by atoms with Crippen molar-refractivity contribution >= 4 is 5.71 Å². The molecule has 0 atom stereocenters. The molecule has 0 amide bonds. The molecule has 0 heterocycles. The van der Waals surface area contributed by atoms with Crippen LogP contribution in [-0.4, -0.2) is 5.71 Å². The van der Waals surface area contributed by atoms with Crippen LogP contribution in [-0.2, 0) is 0 Å². The Morgan fingerprint density at radius 3 is 1.18 bits per heavy atom. The van der Waals surface area contributed by atoms with E-state index in [0.29, 0.717) is 0 Å². The molecule has 0 unspecified atom stereocenters. The smallest absolute Gasteiger partial charge is 0.0175 e. The van der Waals surface area contributed by atoms with Crippen LogP contribution < -0.4 is 0 Å². The van der Waals surface area contributed by atoms with Gasteiger partial charge in [0.2, 0.25) is 0 Å². The summed E-state index contributed by atoms with van der Waals surface area (Å²) in [5.74, 6) is 0. The third kappa shape index (κ3) is 2.91. The topological polar surface area (TPSA) is 35.4 Å². The van der Waals surface area contributed by atoms with Crippen molar-refractivity contribution in [2.75, 3.05) is 0 Å². The summed E-state index contributed by atoms with van der Waals surface area (Å²) in [6.07, 6.45) is 0. The monoisotopic (exact) mass is 156 g/mol. The van der Waals surface area contributed by atoms with Gasteiger partial charge in [0.15, 0.2) is 0 Å². The molecule has 0 aliphatic rings. The molecule has 0 radical (unpaired) electrons. The van der Waals surface area contributed by atoms with Gasteiger partial charge in [-0.15, -0.1) is 0 Å². The molecule has 0 saturated carbocycles. The Labute approximate surface area is 69.3 Å². The first-order chi connectivity index (χ1) is 4.69. The number of hydrogen-bond acceptors (Lipinski definition) is 2. The number of rotatable bonds is 0. The molecule has 0 aromatic heterocycles. The lowest BCUT2D eigenvalue weighted by atomic mass is 9.75. The zero-order valence-electron chi connectivity index (χ0n) is 8.36. The first kappa shape index (κ1) is 10.5. The minimum absolute atomic E-state index is 0.111. The predicted molar refractivity (Wildman–Crippen MR) is 49.7 cm³/mol. The molecule has 2 heteroatoms. The van der Waals surface area contributed by atoms with Gasteiger partial charge in [-0.25, -0.2) is 0 Å². The summed E-state index contributed by atoms with van der Waals surface area (Å²) in [6.45, 7) is 12.1. The van der Waals surface area contributed by atoms with Gasteiger partial charge in [0.1, 0.15) is 0 Å². The van der Waals surface area contributed by atoms with E-state index in [9.17, 15) is 5.21 Å². The van der Waals surface area contributed by atoms with E-state index < -0.39 is 0 Å². The lowest BCUT2D eigenvalue weighted by molar-refractivity contribution is 0.479. The third-order valence-corrected chi connectivity index (χ3v) is 1.51. The van der Waals surface area contributed by atoms with Gasteiger partial charge in [-0.05, 0) is 10.8 Å². The standard InChI is InChI=1S/C9H19NO/c1-8(2,3)7(10-11)9(4,5)6/h11H,1-6H3/p-1. The van der Waals surface area contributed by atoms with E-state index in [2.05, 4.69) is 5.16 Å². The maximum absolute atomic E-state index is 10.5. The van der Waals surface area contributed by atoms with Crippen LogP contribution in [0.1, 0.15) is 41.5 Å². The molecule has 0 aliphatic carbocycles. The lowest BCUT2D eigenvalue weighted by Crippen LogP contribution is -2.32. The number of hydrogen-bond donors (Lipinski definition) is 0. The van der Waals surface area contributed by atoms with E-state index in [-0.39, 0.29) is 10.8 Å². The van der Waals surface area contributed by atoms with Crippen LogP contribution in [0.3, 0.4) is 0 Å². The van der Waals surface area contributed by atoms with Gasteiger partial charge in [0.05, 0.1) is 0 Å². The largest absolute Gasteiger partial charge is 0.792 e. The van der Waals surface area contributed by atoms with Gasteiger partial charge in [-0.2, -0.15) is 0 Å². The second-order valence-electron chi connectivity index (χ2n) is 4.94. The van der Waals surface area contributed by atoms with Crippen molar-refractivity contribution < 1.29 is 0 Å². The molecule has 0 aromatic carbocycles. The van der Waals surface area contributed by atoms with Gasteiger partial charge in [-0.3, -0.25) is 0 Å². The molecular formula is C9H18NO-. The van der Waals surface area contributed by atoms with Gasteiger partial charge < -0.3 is 10.4 Å². The summed E-state index contributed by atoms with van der Waals surface area (Å²) >= 11 is 0. The fourth-order valence-electron chi connectivity index (χ4n) is 1.40. The van der Waals surface area contributed by atoms with E-state index in [4.69, 9.17) is 0 Å². The zero-order chi connectivity index (χ0) is 9.28. The normalized spacial score (nSPS) is 12.9. The summed E-state index contributed by atoms with van der Waals surface area (Å²) in [5, 5.41) is 13.6. The van der Waals surface area contributed by atoms with Crippen LogP contribution in [0.5, 0.6) is 0 Å². The SMILES string of the molecule is CC(C)(C)C(=N[O-])C(C)(C)C. The Balaban J connectivity index is 4.74. The Hall–Kier alpha value is -0.530. The minimum Gasteiger partial charge on any atom is -0.792 e. The van der Waals surface area contributed by atoms with Crippen molar-refractivity contribution in [2.45, 2.75) is 41.5 Å². The van der Waals surface area contributed by atoms with E-state index in [1.807, 2.05) is 41.5 Å². The first-order valence-corrected chi connectivity index (χ1v) is 3.91. The molecule has 0 N–H and O–H groups in total. The van der Waals surface area contributed by atoms with Crippen LogP contribution in [0.25, 0.3) is 0 Å². The number of nitrogens with zero attached hydrogens (tertiary/aromatic N) is 1. The van der Waals surface area contributed by atoms with Gasteiger partial charge >= 0.3 is 0 Å². The molecule has 0 aliphatic heterocycles. The van der Waals surface area contributed by atoms with Crippen molar-refractivity contribution in [2.24, 2.45) is 16.0 Å². The van der Waals surface area contributed by atoms with Crippen molar-refractivity contribution in [3.63, 3.8) is 0 Å². The molecule has 11 heavy (non-hydrogen) atoms. The molecule has 0 fully saturated rings. The Kier molecular flexibility index (Phi) is 2.70. The summed E-state index contributed by atoms with van der Waals surface area (Å²) < 4.78 is 0. The Morgan fingerprint density at radius 1 is 0.909 bits per heavy atom. The van der Waals surface area contributed by atoms with Crippen molar-refractivity contribution in [3.05, 3.63) is 5.21 Å². The highest BCUT2D eigenvalue weighted by Crippen LogP contribution is 2.29. The maximum atomic E-state index is 10.5. The summed E-state index contributed by atoms with van der Waals surface area (Å²) in [6, 6.07) is 0. The second kappa shape index (κ2) is 2.84. The highest BCUT2D eigenvalue weighted by atomic mass is 16.4. The lowest BCUT2D eigenvalue weighted by Gasteiger charge is -2.33. The van der Waals surface area contributed by atoms with Gasteiger partial charge in [0, 0.05) is 5.71 Å². The fourth-order valence-corrected chi connectivity index (χ4v) is 1.40. The Bertz CT molecular complexity index is 141. The van der Waals surface area contributed by atoms with Gasteiger partial charge in [0.25, 0.3) is 0 Å². The van der Waals surface area contributed by atoms with Crippen molar-refractivity contribution in [1.82, 2.24) is 0 Å². The third-order valence-electron chi connectivity index (χ3n) is 1.51. The quantitative estimate of drug-likeness (QED) is 0.392. The molecule has 0 spiro atoms. The van der Waals surface area contributed by atoms with Crippen LogP contribution >= 0.6 is 0 Å². The zero-order valence-corrected chi connectivity index (χ0v) is 8.36. The van der Waals surface area contributed by atoms with E-state index in [1.54, 1.807) is 0 Å². The average molecular weight is 156 g/mol. The van der Waals surface area contributed by atoms with E-state index in [0.717, 1.165) is 5.71 Å². The van der Waals surface area contributed by atoms with Crippen molar-refractivity contribution in [1.29, 1.82) is 0 Å². The van der Waals surface area contributed by atoms with Crippen molar-refractivity contribution in [3.8, 4) is 0 Å². The van der Waals surface area contributed by atoms with Crippen LogP contribution in [0.15, 0.2) is 5.16 Å². The van der Waals surface area contributed by atoms with Crippen LogP contribution in [0.4, 0.5) is 0 Å². The molecule has 2 nitrogen and oxygen atoms in total. The molecule has 0 rings (SSSR count). The molecule has 0 saturated heterocycles. The fraction of sp³-hybridized carbons (Fsp3) is 0.889. The second-order valence-corrected chi connectivity index (χ2v) is 4.94. The highest BCUT2D eigenvalue weighted by Gasteiger charge is 2.28. The Morgan fingerprint density at radius 2 is 1.18 bits per heavy atom. The van der Waals surface area contributed by atoms with E-state index >= 15 is 0 Å². The predicted octanol–water partition coefficient (Wildman–Crippen LogP) is 3.02. The minimum atomic E-state index is -0.111. The molecule has 0 aromatic rings. The van der Waals surface area contributed by atoms with Crippen LogP contribution in [0, 0.1) is 16.0 Å². The summed E-state index contributed by atoms with van der Waals surface area (Å²) in [4.78, 5) is 0. The summed E-state index contributed by atoms with van der Waals surface area (Å²) in [5.41, 5.74) is 0.505. The first-order valence-electron chi connectivity index (χ1n) is 3.91. The molecule has 66 valence electrons. The summed E-state index contributed by atoms with van der Waals surface area (Å²) in [7, 11) is 0.